The number of nitrogens with one attached hydrogen (secondary N) is 1. The van der Waals surface area contributed by atoms with Gasteiger partial charge in [0.25, 0.3) is 0 Å². The standard InChI is InChI=1S/C23H25ClF3N5O3/c1-22(2,3)35-21(33)32-8-5-13(6-9-32)12-34-19-16(23(25,26)27)10-14(11-29-19)17-15-4-7-28-18(15)31-20(24)30-17/h4,7,10-11,13H,5-6,8-9,12H2,1-3H3,(H,28,30,31). The SMILES string of the molecule is CC(C)(C)OC(=O)N1CCC(COc2ncc(-c3nc(Cl)nc4[nH]ccc34)cc2C(F)(F)F)CC1. The van der Waals surface area contributed by atoms with E-state index in [1.54, 1.807) is 37.9 Å². The summed E-state index contributed by atoms with van der Waals surface area (Å²) in [5.41, 5.74) is -0.803. The molecule has 0 unspecified atom stereocenters. The molecule has 8 nitrogen and oxygen atoms in total. The van der Waals surface area contributed by atoms with Crippen molar-refractivity contribution in [3.63, 3.8) is 0 Å². The lowest BCUT2D eigenvalue weighted by Gasteiger charge is -2.33. The molecule has 0 radical (unpaired) electrons. The van der Waals surface area contributed by atoms with Gasteiger partial charge in [0.1, 0.15) is 16.8 Å². The Morgan fingerprint density at radius 2 is 1.94 bits per heavy atom. The Hall–Kier alpha value is -3.08. The molecular formula is C23H25ClF3N5O3. The van der Waals surface area contributed by atoms with Crippen molar-refractivity contribution >= 4 is 28.7 Å². The van der Waals surface area contributed by atoms with E-state index in [2.05, 4.69) is 19.9 Å². The lowest BCUT2D eigenvalue weighted by Crippen LogP contribution is -2.42. The van der Waals surface area contributed by atoms with Crippen molar-refractivity contribution in [1.29, 1.82) is 0 Å². The summed E-state index contributed by atoms with van der Waals surface area (Å²) in [6.45, 7) is 6.33. The van der Waals surface area contributed by atoms with Gasteiger partial charge in [-0.1, -0.05) is 0 Å². The number of aromatic nitrogens is 4. The average molecular weight is 512 g/mol. The maximum absolute atomic E-state index is 13.9. The van der Waals surface area contributed by atoms with Gasteiger partial charge in [-0.3, -0.25) is 0 Å². The van der Waals surface area contributed by atoms with Crippen molar-refractivity contribution in [3.8, 4) is 17.1 Å². The zero-order chi connectivity index (χ0) is 25.4. The van der Waals surface area contributed by atoms with Crippen molar-refractivity contribution in [2.24, 2.45) is 5.92 Å². The first-order chi connectivity index (χ1) is 16.4. The summed E-state index contributed by atoms with van der Waals surface area (Å²) in [7, 11) is 0. The minimum atomic E-state index is -4.69. The molecule has 1 fully saturated rings. The molecule has 0 atom stereocenters. The minimum absolute atomic E-state index is 0.0172. The van der Waals surface area contributed by atoms with E-state index in [0.29, 0.717) is 37.0 Å². The number of ether oxygens (including phenoxy) is 2. The molecule has 1 amide bonds. The molecule has 0 bridgehead atoms. The topological polar surface area (TPSA) is 93.2 Å². The number of likely N-dealkylation sites (tertiary alicyclic amines) is 1. The minimum Gasteiger partial charge on any atom is -0.477 e. The van der Waals surface area contributed by atoms with Crippen LogP contribution in [0.25, 0.3) is 22.3 Å². The molecule has 4 rings (SSSR count). The van der Waals surface area contributed by atoms with Crippen LogP contribution in [0.2, 0.25) is 5.28 Å². The first-order valence-corrected chi connectivity index (χ1v) is 11.5. The van der Waals surface area contributed by atoms with Gasteiger partial charge in [-0.25, -0.2) is 14.8 Å². The molecule has 1 saturated heterocycles. The number of carbonyl (C=O) groups is 1. The van der Waals surface area contributed by atoms with Crippen LogP contribution in [0.15, 0.2) is 24.5 Å². The second-order valence-corrected chi connectivity index (χ2v) is 9.72. The van der Waals surface area contributed by atoms with Crippen LogP contribution < -0.4 is 4.74 Å². The monoisotopic (exact) mass is 511 g/mol. The number of halogens is 4. The molecular weight excluding hydrogens is 487 g/mol. The van der Waals surface area contributed by atoms with Crippen molar-refractivity contribution < 1.29 is 27.4 Å². The van der Waals surface area contributed by atoms with Crippen LogP contribution in [0.4, 0.5) is 18.0 Å². The Balaban J connectivity index is 1.47. The van der Waals surface area contributed by atoms with Crippen LogP contribution in [0, 0.1) is 5.92 Å². The third kappa shape index (κ3) is 5.95. The molecule has 1 N–H and O–H groups in total. The molecule has 0 spiro atoms. The van der Waals surface area contributed by atoms with Gasteiger partial charge >= 0.3 is 12.3 Å². The van der Waals surface area contributed by atoms with Crippen LogP contribution in [-0.4, -0.2) is 56.2 Å². The van der Waals surface area contributed by atoms with E-state index in [4.69, 9.17) is 21.1 Å². The Morgan fingerprint density at radius 3 is 2.60 bits per heavy atom. The molecule has 1 aliphatic rings. The lowest BCUT2D eigenvalue weighted by atomic mass is 9.98. The molecule has 35 heavy (non-hydrogen) atoms. The molecule has 0 saturated carbocycles. The van der Waals surface area contributed by atoms with Gasteiger partial charge < -0.3 is 19.4 Å². The summed E-state index contributed by atoms with van der Waals surface area (Å²) < 4.78 is 52.5. The number of piperidine rings is 1. The number of aromatic amines is 1. The molecule has 0 aromatic carbocycles. The fourth-order valence-corrected chi connectivity index (χ4v) is 4.01. The van der Waals surface area contributed by atoms with Crippen molar-refractivity contribution in [2.75, 3.05) is 19.7 Å². The summed E-state index contributed by atoms with van der Waals surface area (Å²) in [4.78, 5) is 28.8. The number of rotatable bonds is 4. The fourth-order valence-electron chi connectivity index (χ4n) is 3.84. The van der Waals surface area contributed by atoms with Crippen molar-refractivity contribution in [2.45, 2.75) is 45.4 Å². The Bertz CT molecular complexity index is 1220. The molecule has 12 heteroatoms. The molecule has 4 heterocycles. The molecule has 0 aliphatic carbocycles. The second kappa shape index (κ2) is 9.52. The predicted octanol–water partition coefficient (Wildman–Crippen LogP) is 5.72. The molecule has 3 aromatic heterocycles. The fraction of sp³-hybridized carbons (Fsp3) is 0.478. The summed E-state index contributed by atoms with van der Waals surface area (Å²) in [6, 6.07) is 2.61. The second-order valence-electron chi connectivity index (χ2n) is 9.38. The van der Waals surface area contributed by atoms with E-state index >= 15 is 0 Å². The number of alkyl halides is 3. The van der Waals surface area contributed by atoms with E-state index in [1.165, 1.54) is 6.20 Å². The number of pyridine rings is 1. The maximum Gasteiger partial charge on any atom is 0.421 e. The quantitative estimate of drug-likeness (QED) is 0.450. The average Bonchev–Trinajstić information content (AvgIpc) is 3.24. The number of H-pyrrole nitrogens is 1. The first-order valence-electron chi connectivity index (χ1n) is 11.1. The van der Waals surface area contributed by atoms with E-state index in [0.717, 1.165) is 6.07 Å². The lowest BCUT2D eigenvalue weighted by molar-refractivity contribution is -0.139. The summed E-state index contributed by atoms with van der Waals surface area (Å²) in [5, 5.41) is 0.427. The number of hydrogen-bond acceptors (Lipinski definition) is 6. The summed E-state index contributed by atoms with van der Waals surface area (Å²) >= 11 is 5.95. The van der Waals surface area contributed by atoms with Crippen LogP contribution in [0.5, 0.6) is 5.88 Å². The Morgan fingerprint density at radius 1 is 1.23 bits per heavy atom. The van der Waals surface area contributed by atoms with Crippen LogP contribution >= 0.6 is 11.6 Å². The van der Waals surface area contributed by atoms with Crippen LogP contribution in [0.1, 0.15) is 39.2 Å². The maximum atomic E-state index is 13.9. The number of fused-ring (bicyclic) bond motifs is 1. The first kappa shape index (κ1) is 25.0. The number of carbonyl (C=O) groups excluding carboxylic acids is 1. The highest BCUT2D eigenvalue weighted by Crippen LogP contribution is 2.38. The van der Waals surface area contributed by atoms with E-state index in [1.807, 2.05) is 0 Å². The molecule has 188 valence electrons. The van der Waals surface area contributed by atoms with E-state index in [-0.39, 0.29) is 29.1 Å². The van der Waals surface area contributed by atoms with Gasteiger partial charge in [-0.15, -0.1) is 0 Å². The smallest absolute Gasteiger partial charge is 0.421 e. The van der Waals surface area contributed by atoms with Gasteiger partial charge in [0.2, 0.25) is 11.2 Å². The van der Waals surface area contributed by atoms with Gasteiger partial charge in [-0.2, -0.15) is 18.2 Å². The summed E-state index contributed by atoms with van der Waals surface area (Å²) in [6.07, 6.45) is -1.03. The third-order valence-corrected chi connectivity index (χ3v) is 5.71. The van der Waals surface area contributed by atoms with Gasteiger partial charge in [0.15, 0.2) is 0 Å². The van der Waals surface area contributed by atoms with Gasteiger partial charge in [0, 0.05) is 36.4 Å². The summed E-state index contributed by atoms with van der Waals surface area (Å²) in [5.74, 6) is -0.516. The van der Waals surface area contributed by atoms with Crippen molar-refractivity contribution in [1.82, 2.24) is 24.8 Å². The number of nitrogens with zero attached hydrogens (tertiary/aromatic N) is 4. The van der Waals surface area contributed by atoms with Crippen molar-refractivity contribution in [3.05, 3.63) is 35.4 Å². The number of amides is 1. The zero-order valence-corrected chi connectivity index (χ0v) is 20.2. The van der Waals surface area contributed by atoms with Gasteiger partial charge in [-0.05, 0) is 63.3 Å². The largest absolute Gasteiger partial charge is 0.477 e. The highest BCUT2D eigenvalue weighted by Gasteiger charge is 2.36. The molecule has 3 aromatic rings. The highest BCUT2D eigenvalue weighted by atomic mass is 35.5. The molecule has 1 aliphatic heterocycles. The van der Waals surface area contributed by atoms with E-state index < -0.39 is 29.3 Å². The normalized spacial score (nSPS) is 15.5. The Kier molecular flexibility index (Phi) is 6.81. The predicted molar refractivity (Wildman–Crippen MR) is 123 cm³/mol. The van der Waals surface area contributed by atoms with E-state index in [9.17, 15) is 18.0 Å². The zero-order valence-electron chi connectivity index (χ0n) is 19.4. The van der Waals surface area contributed by atoms with Crippen LogP contribution in [0.3, 0.4) is 0 Å². The highest BCUT2D eigenvalue weighted by molar-refractivity contribution is 6.28. The third-order valence-electron chi connectivity index (χ3n) is 5.54. The number of hydrogen-bond donors (Lipinski definition) is 1. The van der Waals surface area contributed by atoms with Crippen LogP contribution in [-0.2, 0) is 10.9 Å². The Labute approximate surface area is 204 Å². The van der Waals surface area contributed by atoms with Gasteiger partial charge in [0.05, 0.1) is 12.3 Å².